The molecule has 2 saturated carbocycles. The minimum absolute atomic E-state index is 0.0235. The lowest BCUT2D eigenvalue weighted by molar-refractivity contribution is 0.00447. The summed E-state index contributed by atoms with van der Waals surface area (Å²) in [7, 11) is 0. The number of esters is 2. The van der Waals surface area contributed by atoms with Crippen LogP contribution in [0.4, 0.5) is 0 Å². The first-order valence-electron chi connectivity index (χ1n) is 18.8. The number of carbonyl (C=O) groups is 2. The Morgan fingerprint density at radius 2 is 1.02 bits per heavy atom. The molecule has 2 aromatic rings. The molecular formula is C41H60O6. The number of carbonyl (C=O) groups excluding carboxylic acids is 2. The van der Waals surface area contributed by atoms with Gasteiger partial charge in [-0.2, -0.15) is 0 Å². The molecule has 6 nitrogen and oxygen atoms in total. The van der Waals surface area contributed by atoms with Gasteiger partial charge in [-0.15, -0.1) is 0 Å². The van der Waals surface area contributed by atoms with E-state index in [1.165, 1.54) is 89.9 Å². The van der Waals surface area contributed by atoms with E-state index in [0.29, 0.717) is 24.3 Å². The molecule has 4 unspecified atom stereocenters. The van der Waals surface area contributed by atoms with E-state index < -0.39 is 18.0 Å². The van der Waals surface area contributed by atoms with E-state index in [9.17, 15) is 9.59 Å². The third kappa shape index (κ3) is 12.5. The van der Waals surface area contributed by atoms with Crippen LogP contribution >= 0.6 is 0 Å². The average molecular weight is 649 g/mol. The van der Waals surface area contributed by atoms with E-state index in [4.69, 9.17) is 18.9 Å². The fourth-order valence-corrected chi connectivity index (χ4v) is 7.84. The van der Waals surface area contributed by atoms with Crippen LogP contribution in [-0.4, -0.2) is 37.9 Å². The molecule has 4 rings (SSSR count). The maximum atomic E-state index is 12.7. The zero-order chi connectivity index (χ0) is 33.3. The Balaban J connectivity index is 1.09. The van der Waals surface area contributed by atoms with E-state index in [1.54, 1.807) is 31.2 Å². The molecule has 47 heavy (non-hydrogen) atoms. The molecule has 0 spiro atoms. The van der Waals surface area contributed by atoms with Crippen molar-refractivity contribution in [1.29, 1.82) is 0 Å². The van der Waals surface area contributed by atoms with Crippen LogP contribution < -0.4 is 9.47 Å². The zero-order valence-corrected chi connectivity index (χ0v) is 29.4. The molecule has 2 aliphatic rings. The Bertz CT molecular complexity index is 1170. The molecule has 260 valence electrons. The van der Waals surface area contributed by atoms with E-state index in [-0.39, 0.29) is 6.61 Å². The fraction of sp³-hybridized carbons (Fsp3) is 0.659. The summed E-state index contributed by atoms with van der Waals surface area (Å²) in [6.07, 6.45) is 20.3. The predicted octanol–water partition coefficient (Wildman–Crippen LogP) is 10.6. The molecule has 0 amide bonds. The smallest absolute Gasteiger partial charge is 0.338 e. The van der Waals surface area contributed by atoms with Gasteiger partial charge in [0.1, 0.15) is 24.2 Å². The first-order valence-corrected chi connectivity index (χ1v) is 18.8. The van der Waals surface area contributed by atoms with Crippen molar-refractivity contribution in [1.82, 2.24) is 0 Å². The first-order chi connectivity index (χ1) is 23.0. The topological polar surface area (TPSA) is 71.1 Å². The van der Waals surface area contributed by atoms with Crippen molar-refractivity contribution in [3.63, 3.8) is 0 Å². The van der Waals surface area contributed by atoms with Crippen molar-refractivity contribution in [2.45, 2.75) is 130 Å². The van der Waals surface area contributed by atoms with Crippen LogP contribution in [0.3, 0.4) is 0 Å². The molecule has 0 aromatic heterocycles. The summed E-state index contributed by atoms with van der Waals surface area (Å²) in [6, 6.07) is 14.1. The second-order valence-corrected chi connectivity index (χ2v) is 14.0. The summed E-state index contributed by atoms with van der Waals surface area (Å²) in [5.41, 5.74) is 0.880. The summed E-state index contributed by atoms with van der Waals surface area (Å²) in [5.74, 6) is 4.07. The highest BCUT2D eigenvalue weighted by Crippen LogP contribution is 2.37. The third-order valence-electron chi connectivity index (χ3n) is 10.4. The van der Waals surface area contributed by atoms with Crippen molar-refractivity contribution >= 4 is 11.9 Å². The largest absolute Gasteiger partial charge is 0.494 e. The van der Waals surface area contributed by atoms with Gasteiger partial charge in [-0.05, 0) is 105 Å². The van der Waals surface area contributed by atoms with Gasteiger partial charge in [0.25, 0.3) is 0 Å². The van der Waals surface area contributed by atoms with Crippen LogP contribution in [0, 0.1) is 23.7 Å². The maximum absolute atomic E-state index is 12.7. The lowest BCUT2D eigenvalue weighted by atomic mass is 9.75. The van der Waals surface area contributed by atoms with Crippen molar-refractivity contribution in [3.8, 4) is 11.5 Å². The zero-order valence-electron chi connectivity index (χ0n) is 29.4. The van der Waals surface area contributed by atoms with Crippen molar-refractivity contribution in [2.75, 3.05) is 19.8 Å². The van der Waals surface area contributed by atoms with Crippen LogP contribution in [0.25, 0.3) is 0 Å². The van der Waals surface area contributed by atoms with Gasteiger partial charge in [0.2, 0.25) is 0 Å². The van der Waals surface area contributed by atoms with Crippen molar-refractivity contribution < 1.29 is 28.5 Å². The first kappa shape index (κ1) is 36.8. The molecule has 5 atom stereocenters. The molecule has 0 saturated heterocycles. The number of ether oxygens (including phenoxy) is 4. The summed E-state index contributed by atoms with van der Waals surface area (Å²) in [4.78, 5) is 25.3. The molecule has 0 bridgehead atoms. The Hall–Kier alpha value is -3.02. The maximum Gasteiger partial charge on any atom is 0.338 e. The van der Waals surface area contributed by atoms with E-state index >= 15 is 0 Å². The van der Waals surface area contributed by atoms with Crippen LogP contribution in [0.2, 0.25) is 0 Å². The summed E-state index contributed by atoms with van der Waals surface area (Å²) in [6.45, 7) is 7.66. The summed E-state index contributed by atoms with van der Waals surface area (Å²) >= 11 is 0. The third-order valence-corrected chi connectivity index (χ3v) is 10.4. The average Bonchev–Trinajstić information content (AvgIpc) is 3.09. The van der Waals surface area contributed by atoms with E-state index in [0.717, 1.165) is 48.0 Å². The number of benzene rings is 2. The highest BCUT2D eigenvalue weighted by Gasteiger charge is 2.25. The monoisotopic (exact) mass is 648 g/mol. The lowest BCUT2D eigenvalue weighted by Crippen LogP contribution is -2.22. The van der Waals surface area contributed by atoms with E-state index in [1.807, 2.05) is 24.3 Å². The lowest BCUT2D eigenvalue weighted by Gasteiger charge is -2.31. The van der Waals surface area contributed by atoms with E-state index in [2.05, 4.69) is 13.8 Å². The van der Waals surface area contributed by atoms with Crippen molar-refractivity contribution in [2.24, 2.45) is 23.7 Å². The molecule has 2 aliphatic carbocycles. The fourth-order valence-electron chi connectivity index (χ4n) is 7.84. The Kier molecular flexibility index (Phi) is 16.0. The van der Waals surface area contributed by atoms with Crippen molar-refractivity contribution in [3.05, 3.63) is 59.7 Å². The van der Waals surface area contributed by atoms with Crippen LogP contribution in [0.1, 0.15) is 144 Å². The standard InChI is InChI=1S/C41H60O6/c1-4-12-32-14-6-8-16-34(32)18-10-28-44-38-24-20-36(21-25-38)40(42)46-30-31(3)47-41(43)37-22-26-39(27-23-37)45-29-11-19-35-17-9-7-15-33(35)13-5-2/h20-27,31-35H,4-19,28-30H2,1-3H3/t31-,32?,33?,34?,35?/m1/s1. The second-order valence-electron chi connectivity index (χ2n) is 14.0. The molecule has 0 heterocycles. The molecule has 2 fully saturated rings. The molecule has 0 N–H and O–H groups in total. The normalized spacial score (nSPS) is 21.9. The SMILES string of the molecule is CCCC1CCCCC1CCCOc1ccc(C(=O)OC[C@@H](C)OC(=O)c2ccc(OCCCC3CCCCC3CCC)cc2)cc1. The van der Waals surface area contributed by atoms with Gasteiger partial charge >= 0.3 is 11.9 Å². The minimum atomic E-state index is -0.581. The molecule has 6 heteroatoms. The second kappa shape index (κ2) is 20.4. The van der Waals surface area contributed by atoms with Gasteiger partial charge in [0.05, 0.1) is 24.3 Å². The highest BCUT2D eigenvalue weighted by molar-refractivity contribution is 5.90. The van der Waals surface area contributed by atoms with Gasteiger partial charge in [-0.25, -0.2) is 9.59 Å². The number of hydrogen-bond acceptors (Lipinski definition) is 6. The van der Waals surface area contributed by atoms with Gasteiger partial charge in [0, 0.05) is 0 Å². The molecular weight excluding hydrogens is 588 g/mol. The highest BCUT2D eigenvalue weighted by atomic mass is 16.6. The Morgan fingerprint density at radius 1 is 0.617 bits per heavy atom. The summed E-state index contributed by atoms with van der Waals surface area (Å²) < 4.78 is 22.9. The van der Waals surface area contributed by atoms with Crippen LogP contribution in [0.5, 0.6) is 11.5 Å². The van der Waals surface area contributed by atoms with Crippen LogP contribution in [-0.2, 0) is 9.47 Å². The molecule has 2 aromatic carbocycles. The Morgan fingerprint density at radius 3 is 1.45 bits per heavy atom. The molecule has 0 radical (unpaired) electrons. The Labute approximate surface area is 284 Å². The molecule has 0 aliphatic heterocycles. The van der Waals surface area contributed by atoms with Gasteiger partial charge in [0.15, 0.2) is 0 Å². The van der Waals surface area contributed by atoms with Gasteiger partial charge < -0.3 is 18.9 Å². The van der Waals surface area contributed by atoms with Gasteiger partial charge in [-0.3, -0.25) is 0 Å². The van der Waals surface area contributed by atoms with Crippen LogP contribution in [0.15, 0.2) is 48.5 Å². The number of hydrogen-bond donors (Lipinski definition) is 0. The van der Waals surface area contributed by atoms with Gasteiger partial charge in [-0.1, -0.05) is 90.9 Å². The minimum Gasteiger partial charge on any atom is -0.494 e. The predicted molar refractivity (Wildman–Crippen MR) is 188 cm³/mol. The number of rotatable bonds is 19. The quantitative estimate of drug-likeness (QED) is 0.111. The summed E-state index contributed by atoms with van der Waals surface area (Å²) in [5, 5.41) is 0.